The number of nitrogens with two attached hydrogens (primary N) is 1. The van der Waals surface area contributed by atoms with E-state index < -0.39 is 0 Å². The van der Waals surface area contributed by atoms with Crippen LogP contribution in [-0.2, 0) is 0 Å². The molecule has 0 atom stereocenters. The maximum Gasteiger partial charge on any atom is 0.229 e. The normalized spacial score (nSPS) is 10.5. The van der Waals surface area contributed by atoms with Gasteiger partial charge in [-0.2, -0.15) is 10.1 Å². The smallest absolute Gasteiger partial charge is 0.229 e. The Bertz CT molecular complexity index is 1060. The van der Waals surface area contributed by atoms with Crippen LogP contribution in [0.15, 0.2) is 73.2 Å². The monoisotopic (exact) mass is 373 g/mol. The molecule has 0 unspecified atom stereocenters. The molecule has 0 aliphatic heterocycles. The molecule has 8 nitrogen and oxygen atoms in total. The van der Waals surface area contributed by atoms with Gasteiger partial charge in [0.25, 0.3) is 0 Å². The molecule has 2 aromatic heterocycles. The number of anilines is 5. The van der Waals surface area contributed by atoms with Crippen molar-refractivity contribution in [3.05, 3.63) is 73.2 Å². The first kappa shape index (κ1) is 17.3. The van der Waals surface area contributed by atoms with Crippen LogP contribution in [0.2, 0.25) is 0 Å². The Labute approximate surface area is 162 Å². The van der Waals surface area contributed by atoms with Gasteiger partial charge >= 0.3 is 0 Å². The maximum absolute atomic E-state index is 6.01. The summed E-state index contributed by atoms with van der Waals surface area (Å²) in [4.78, 5) is 8.70. The fraction of sp³-hybridized carbons (Fsp3) is 0.0500. The van der Waals surface area contributed by atoms with E-state index in [-0.39, 0.29) is 0 Å². The van der Waals surface area contributed by atoms with Crippen molar-refractivity contribution in [2.45, 2.75) is 0 Å². The minimum absolute atomic E-state index is 0.415. The van der Waals surface area contributed by atoms with Gasteiger partial charge in [-0.3, -0.25) is 0 Å². The van der Waals surface area contributed by atoms with Crippen LogP contribution in [0, 0.1) is 0 Å². The maximum atomic E-state index is 6.01. The lowest BCUT2D eigenvalue weighted by atomic mass is 10.3. The van der Waals surface area contributed by atoms with Gasteiger partial charge in [0.05, 0.1) is 42.8 Å². The van der Waals surface area contributed by atoms with Crippen LogP contribution in [0.3, 0.4) is 0 Å². The SMILES string of the molecule is COc1ccc(Nc2nc(Nc3cnn(-c4ccccc4)c3)ncc2N)cc1. The number of rotatable bonds is 6. The van der Waals surface area contributed by atoms with Crippen molar-refractivity contribution in [2.75, 3.05) is 23.5 Å². The summed E-state index contributed by atoms with van der Waals surface area (Å²) in [6.07, 6.45) is 5.14. The highest BCUT2D eigenvalue weighted by Crippen LogP contribution is 2.24. The van der Waals surface area contributed by atoms with Gasteiger partial charge in [0, 0.05) is 5.69 Å². The lowest BCUT2D eigenvalue weighted by molar-refractivity contribution is 0.415. The van der Waals surface area contributed by atoms with E-state index in [9.17, 15) is 0 Å². The summed E-state index contributed by atoms with van der Waals surface area (Å²) in [6.45, 7) is 0. The van der Waals surface area contributed by atoms with Crippen molar-refractivity contribution in [3.63, 3.8) is 0 Å². The van der Waals surface area contributed by atoms with Crippen molar-refractivity contribution in [1.29, 1.82) is 0 Å². The fourth-order valence-electron chi connectivity index (χ4n) is 2.60. The molecule has 0 radical (unpaired) electrons. The zero-order valence-corrected chi connectivity index (χ0v) is 15.2. The molecule has 2 heterocycles. The van der Waals surface area contributed by atoms with Gasteiger partial charge < -0.3 is 21.1 Å². The minimum Gasteiger partial charge on any atom is -0.497 e. The number of ether oxygens (including phenoxy) is 1. The van der Waals surface area contributed by atoms with Crippen LogP contribution < -0.4 is 21.1 Å². The molecule has 4 N–H and O–H groups in total. The molecule has 0 bridgehead atoms. The van der Waals surface area contributed by atoms with Crippen LogP contribution in [0.5, 0.6) is 5.75 Å². The number of hydrogen-bond donors (Lipinski definition) is 3. The van der Waals surface area contributed by atoms with Crippen LogP contribution in [0.4, 0.5) is 28.8 Å². The van der Waals surface area contributed by atoms with E-state index in [4.69, 9.17) is 10.5 Å². The Morgan fingerprint density at radius 3 is 2.46 bits per heavy atom. The Kier molecular flexibility index (Phi) is 4.75. The van der Waals surface area contributed by atoms with Crippen LogP contribution in [0.1, 0.15) is 0 Å². The third kappa shape index (κ3) is 3.85. The average Bonchev–Trinajstić information content (AvgIpc) is 3.20. The molecule has 0 aliphatic rings. The number of methoxy groups -OCH3 is 1. The molecule has 0 fully saturated rings. The molecule has 0 saturated heterocycles. The summed E-state index contributed by atoms with van der Waals surface area (Å²) in [5.41, 5.74) is 9.03. The first-order chi connectivity index (χ1) is 13.7. The molecule has 2 aromatic carbocycles. The van der Waals surface area contributed by atoms with Gasteiger partial charge in [-0.15, -0.1) is 0 Å². The number of nitrogens with zero attached hydrogens (tertiary/aromatic N) is 4. The largest absolute Gasteiger partial charge is 0.497 e. The van der Waals surface area contributed by atoms with E-state index >= 15 is 0 Å². The first-order valence-electron chi connectivity index (χ1n) is 8.62. The second kappa shape index (κ2) is 7.67. The van der Waals surface area contributed by atoms with Gasteiger partial charge in [-0.25, -0.2) is 9.67 Å². The van der Waals surface area contributed by atoms with Gasteiger partial charge in [0.2, 0.25) is 5.95 Å². The highest BCUT2D eigenvalue weighted by Gasteiger charge is 2.07. The van der Waals surface area contributed by atoms with Crippen molar-refractivity contribution < 1.29 is 4.74 Å². The summed E-state index contributed by atoms with van der Waals surface area (Å²) in [5.74, 6) is 1.70. The Balaban J connectivity index is 1.51. The van der Waals surface area contributed by atoms with Gasteiger partial charge in [-0.05, 0) is 36.4 Å². The van der Waals surface area contributed by atoms with Crippen molar-refractivity contribution >= 4 is 28.8 Å². The Hall–Kier alpha value is -4.07. The highest BCUT2D eigenvalue weighted by molar-refractivity contribution is 5.70. The molecule has 0 saturated carbocycles. The molecule has 0 spiro atoms. The third-order valence-electron chi connectivity index (χ3n) is 4.03. The third-order valence-corrected chi connectivity index (χ3v) is 4.03. The van der Waals surface area contributed by atoms with E-state index in [1.165, 1.54) is 0 Å². The second-order valence-corrected chi connectivity index (χ2v) is 5.99. The topological polar surface area (TPSA) is 103 Å². The summed E-state index contributed by atoms with van der Waals surface area (Å²) in [6, 6.07) is 17.3. The van der Waals surface area contributed by atoms with Gasteiger partial charge in [-0.1, -0.05) is 18.2 Å². The molecular weight excluding hydrogens is 354 g/mol. The summed E-state index contributed by atoms with van der Waals surface area (Å²) in [7, 11) is 1.63. The van der Waals surface area contributed by atoms with E-state index in [0.29, 0.717) is 17.5 Å². The van der Waals surface area contributed by atoms with Crippen LogP contribution in [0.25, 0.3) is 5.69 Å². The van der Waals surface area contributed by atoms with E-state index in [0.717, 1.165) is 22.8 Å². The highest BCUT2D eigenvalue weighted by atomic mass is 16.5. The van der Waals surface area contributed by atoms with E-state index in [1.807, 2.05) is 60.8 Å². The number of benzene rings is 2. The zero-order chi connectivity index (χ0) is 19.3. The molecule has 28 heavy (non-hydrogen) atoms. The number of nitrogen functional groups attached to an aromatic ring is 1. The molecule has 0 aliphatic carbocycles. The number of aromatic nitrogens is 4. The standard InChI is InChI=1S/C20H19N7O/c1-28-17-9-7-14(8-10-17)24-19-18(21)12-22-20(26-19)25-15-11-23-27(13-15)16-5-3-2-4-6-16/h2-13H,21H2,1H3,(H2,22,24,25,26). The second-order valence-electron chi connectivity index (χ2n) is 5.99. The summed E-state index contributed by atoms with van der Waals surface area (Å²) in [5, 5.41) is 10.7. The fourth-order valence-corrected chi connectivity index (χ4v) is 2.60. The Morgan fingerprint density at radius 1 is 0.929 bits per heavy atom. The van der Waals surface area contributed by atoms with Crippen LogP contribution >= 0.6 is 0 Å². The predicted molar refractivity (Wildman–Crippen MR) is 110 cm³/mol. The van der Waals surface area contributed by atoms with Gasteiger partial charge in [0.15, 0.2) is 5.82 Å². The molecule has 4 aromatic rings. The zero-order valence-electron chi connectivity index (χ0n) is 15.2. The number of nitrogens with one attached hydrogen (secondary N) is 2. The average molecular weight is 373 g/mol. The first-order valence-corrected chi connectivity index (χ1v) is 8.62. The lowest BCUT2D eigenvalue weighted by Gasteiger charge is -2.10. The number of hydrogen-bond acceptors (Lipinski definition) is 7. The quantitative estimate of drug-likeness (QED) is 0.473. The molecule has 8 heteroatoms. The number of para-hydroxylation sites is 1. The van der Waals surface area contributed by atoms with E-state index in [1.54, 1.807) is 24.2 Å². The molecule has 4 rings (SSSR count). The summed E-state index contributed by atoms with van der Waals surface area (Å²) < 4.78 is 6.94. The van der Waals surface area contributed by atoms with Crippen molar-refractivity contribution in [3.8, 4) is 11.4 Å². The Morgan fingerprint density at radius 2 is 1.71 bits per heavy atom. The lowest BCUT2D eigenvalue weighted by Crippen LogP contribution is -2.04. The predicted octanol–water partition coefficient (Wildman–Crippen LogP) is 3.74. The van der Waals surface area contributed by atoms with Crippen LogP contribution in [-0.4, -0.2) is 26.9 Å². The molecular formula is C20H19N7O. The summed E-state index contributed by atoms with van der Waals surface area (Å²) >= 11 is 0. The molecule has 140 valence electrons. The van der Waals surface area contributed by atoms with Gasteiger partial charge in [0.1, 0.15) is 5.75 Å². The van der Waals surface area contributed by atoms with E-state index in [2.05, 4.69) is 25.7 Å². The van der Waals surface area contributed by atoms with Crippen molar-refractivity contribution in [2.24, 2.45) is 0 Å². The molecule has 0 amide bonds. The minimum atomic E-state index is 0.415. The van der Waals surface area contributed by atoms with Crippen molar-refractivity contribution in [1.82, 2.24) is 19.7 Å².